The van der Waals surface area contributed by atoms with Gasteiger partial charge in [0.15, 0.2) is 0 Å². The molecule has 0 saturated carbocycles. The predicted octanol–water partition coefficient (Wildman–Crippen LogP) is 2.68. The van der Waals surface area contributed by atoms with Crippen LogP contribution in [-0.2, 0) is 27.4 Å². The van der Waals surface area contributed by atoms with Gasteiger partial charge < -0.3 is 24.6 Å². The van der Waals surface area contributed by atoms with Gasteiger partial charge in [-0.2, -0.15) is 0 Å². The van der Waals surface area contributed by atoms with E-state index >= 15 is 0 Å². The number of nitrogens with zero attached hydrogens (tertiary/aromatic N) is 3. The molecule has 4 amide bonds. The van der Waals surface area contributed by atoms with Crippen molar-refractivity contribution in [2.75, 3.05) is 51.3 Å². The van der Waals surface area contributed by atoms with E-state index in [1.165, 1.54) is 0 Å². The molecular formula is C28H36N4O5. The fourth-order valence-electron chi connectivity index (χ4n) is 4.67. The molecule has 2 aromatic carbocycles. The van der Waals surface area contributed by atoms with E-state index in [1.807, 2.05) is 53.4 Å². The largest absolute Gasteiger partial charge is 0.497 e. The molecule has 0 aromatic heterocycles. The molecule has 2 aliphatic rings. The van der Waals surface area contributed by atoms with Crippen LogP contribution in [0.2, 0.25) is 0 Å². The van der Waals surface area contributed by atoms with Gasteiger partial charge in [0.05, 0.1) is 32.8 Å². The summed E-state index contributed by atoms with van der Waals surface area (Å²) in [6.07, 6.45) is -0.136. The van der Waals surface area contributed by atoms with Crippen molar-refractivity contribution in [3.8, 4) is 5.75 Å². The Morgan fingerprint density at radius 2 is 1.86 bits per heavy atom. The lowest BCUT2D eigenvalue weighted by molar-refractivity contribution is -0.138. The first-order valence-electron chi connectivity index (χ1n) is 12.8. The molecule has 0 bridgehead atoms. The quantitative estimate of drug-likeness (QED) is 0.563. The molecule has 198 valence electrons. The Morgan fingerprint density at radius 1 is 1.08 bits per heavy atom. The summed E-state index contributed by atoms with van der Waals surface area (Å²) in [7, 11) is 1.63. The lowest BCUT2D eigenvalue weighted by atomic mass is 10.1. The number of anilines is 1. The van der Waals surface area contributed by atoms with E-state index in [1.54, 1.807) is 16.9 Å². The number of benzene rings is 2. The van der Waals surface area contributed by atoms with E-state index in [2.05, 4.69) is 19.2 Å². The van der Waals surface area contributed by atoms with E-state index in [4.69, 9.17) is 9.47 Å². The Morgan fingerprint density at radius 3 is 2.54 bits per heavy atom. The highest BCUT2D eigenvalue weighted by Crippen LogP contribution is 2.20. The van der Waals surface area contributed by atoms with Crippen molar-refractivity contribution in [3.63, 3.8) is 0 Å². The Kier molecular flexibility index (Phi) is 8.66. The average Bonchev–Trinajstić information content (AvgIpc) is 3.25. The second-order valence-electron chi connectivity index (χ2n) is 9.98. The van der Waals surface area contributed by atoms with Crippen LogP contribution in [0.4, 0.5) is 10.5 Å². The average molecular weight is 509 g/mol. The van der Waals surface area contributed by atoms with Gasteiger partial charge in [-0.3, -0.25) is 14.5 Å². The van der Waals surface area contributed by atoms with Crippen LogP contribution in [0, 0.1) is 5.92 Å². The Labute approximate surface area is 218 Å². The number of carbonyl (C=O) groups excluding carboxylic acids is 3. The number of urea groups is 1. The van der Waals surface area contributed by atoms with Gasteiger partial charge in [-0.15, -0.1) is 0 Å². The maximum atomic E-state index is 13.3. The predicted molar refractivity (Wildman–Crippen MR) is 140 cm³/mol. The van der Waals surface area contributed by atoms with Crippen LogP contribution in [0.1, 0.15) is 25.0 Å². The number of rotatable bonds is 9. The van der Waals surface area contributed by atoms with Crippen molar-refractivity contribution in [2.45, 2.75) is 33.0 Å². The van der Waals surface area contributed by atoms with Crippen LogP contribution in [-0.4, -0.2) is 80.1 Å². The van der Waals surface area contributed by atoms with Crippen molar-refractivity contribution in [1.82, 2.24) is 15.1 Å². The second-order valence-corrected chi connectivity index (χ2v) is 9.98. The van der Waals surface area contributed by atoms with Crippen LogP contribution in [0.25, 0.3) is 0 Å². The smallest absolute Gasteiger partial charge is 0.321 e. The maximum Gasteiger partial charge on any atom is 0.321 e. The van der Waals surface area contributed by atoms with E-state index in [9.17, 15) is 14.4 Å². The summed E-state index contributed by atoms with van der Waals surface area (Å²) in [6.45, 7) is 7.19. The zero-order valence-electron chi connectivity index (χ0n) is 21.8. The maximum absolute atomic E-state index is 13.3. The monoisotopic (exact) mass is 508 g/mol. The summed E-state index contributed by atoms with van der Waals surface area (Å²) >= 11 is 0. The molecule has 2 heterocycles. The molecule has 4 rings (SSSR count). The Balaban J connectivity index is 1.43. The molecule has 1 atom stereocenters. The summed E-state index contributed by atoms with van der Waals surface area (Å²) in [5, 5.41) is 2.79. The summed E-state index contributed by atoms with van der Waals surface area (Å²) in [5.41, 5.74) is 2.60. The normalized spacial score (nSPS) is 18.3. The van der Waals surface area contributed by atoms with Crippen LogP contribution in [0.5, 0.6) is 5.75 Å². The van der Waals surface area contributed by atoms with E-state index in [0.717, 1.165) is 22.6 Å². The summed E-state index contributed by atoms with van der Waals surface area (Å²) < 4.78 is 11.5. The van der Waals surface area contributed by atoms with Crippen molar-refractivity contribution < 1.29 is 23.9 Å². The van der Waals surface area contributed by atoms with Gasteiger partial charge in [0.1, 0.15) is 5.75 Å². The molecular weight excluding hydrogens is 472 g/mol. The molecule has 0 aliphatic carbocycles. The zero-order valence-corrected chi connectivity index (χ0v) is 21.8. The molecule has 37 heavy (non-hydrogen) atoms. The van der Waals surface area contributed by atoms with Gasteiger partial charge in [0.25, 0.3) is 0 Å². The van der Waals surface area contributed by atoms with Gasteiger partial charge in [-0.1, -0.05) is 38.1 Å². The number of ether oxygens (including phenoxy) is 2. The van der Waals surface area contributed by atoms with Gasteiger partial charge >= 0.3 is 6.03 Å². The number of methoxy groups -OCH3 is 1. The first-order chi connectivity index (χ1) is 17.8. The fraction of sp³-hybridized carbons (Fsp3) is 0.464. The first kappa shape index (κ1) is 26.5. The number of hydrogen-bond acceptors (Lipinski definition) is 5. The minimum absolute atomic E-state index is 0.0383. The summed E-state index contributed by atoms with van der Waals surface area (Å²) in [4.78, 5) is 43.4. The Hall–Kier alpha value is -3.59. The minimum Gasteiger partial charge on any atom is -0.497 e. The molecule has 2 aliphatic heterocycles. The molecule has 1 N–H and O–H groups in total. The molecule has 9 heteroatoms. The van der Waals surface area contributed by atoms with E-state index in [0.29, 0.717) is 45.2 Å². The lowest BCUT2D eigenvalue weighted by Gasteiger charge is -2.26. The molecule has 1 unspecified atom stereocenters. The molecule has 2 aromatic rings. The van der Waals surface area contributed by atoms with Gasteiger partial charge in [-0.25, -0.2) is 4.79 Å². The Bertz CT molecular complexity index is 1100. The second kappa shape index (κ2) is 12.1. The number of hydrogen-bond donors (Lipinski definition) is 1. The molecule has 2 fully saturated rings. The topological polar surface area (TPSA) is 91.4 Å². The third-order valence-corrected chi connectivity index (χ3v) is 6.55. The highest BCUT2D eigenvalue weighted by atomic mass is 16.5. The summed E-state index contributed by atoms with van der Waals surface area (Å²) in [5.74, 6) is 0.875. The van der Waals surface area contributed by atoms with Crippen LogP contribution >= 0.6 is 0 Å². The third-order valence-electron chi connectivity index (χ3n) is 6.55. The summed E-state index contributed by atoms with van der Waals surface area (Å²) in [6, 6.07) is 15.0. The number of nitrogens with one attached hydrogen (secondary N) is 1. The highest BCUT2D eigenvalue weighted by molar-refractivity contribution is 5.94. The lowest BCUT2D eigenvalue weighted by Crippen LogP contribution is -2.41. The van der Waals surface area contributed by atoms with E-state index in [-0.39, 0.29) is 36.9 Å². The molecule has 2 saturated heterocycles. The van der Waals surface area contributed by atoms with Crippen molar-refractivity contribution in [3.05, 3.63) is 59.7 Å². The van der Waals surface area contributed by atoms with Crippen LogP contribution in [0.15, 0.2) is 48.5 Å². The van der Waals surface area contributed by atoms with Crippen molar-refractivity contribution in [2.24, 2.45) is 5.92 Å². The molecule has 0 spiro atoms. The minimum atomic E-state index is -0.309. The SMILES string of the molecule is COc1cccc(COC2CN(C(=O)Cc3ccc(N4CCNC4=O)cc3)CC(=O)N(CC(C)C)C2)c1. The molecule has 0 radical (unpaired) electrons. The zero-order chi connectivity index (χ0) is 26.4. The standard InChI is InChI=1S/C28H36N4O5/c1-20(2)15-30-16-25(37-19-22-5-4-6-24(13-22)36-3)17-31(18-27(30)34)26(33)14-21-7-9-23(10-8-21)32-12-11-29-28(32)35/h4-10,13,20,25H,11-12,14-19H2,1-3H3,(H,29,35). The van der Waals surface area contributed by atoms with E-state index < -0.39 is 0 Å². The first-order valence-corrected chi connectivity index (χ1v) is 12.8. The van der Waals surface area contributed by atoms with Gasteiger partial charge in [0, 0.05) is 38.4 Å². The number of carbonyl (C=O) groups is 3. The van der Waals surface area contributed by atoms with Crippen LogP contribution in [0.3, 0.4) is 0 Å². The van der Waals surface area contributed by atoms with Crippen molar-refractivity contribution in [1.29, 1.82) is 0 Å². The van der Waals surface area contributed by atoms with Gasteiger partial charge in [0.2, 0.25) is 11.8 Å². The number of amides is 4. The fourth-order valence-corrected chi connectivity index (χ4v) is 4.67. The highest BCUT2D eigenvalue weighted by Gasteiger charge is 2.31. The third kappa shape index (κ3) is 7.01. The van der Waals surface area contributed by atoms with Gasteiger partial charge in [-0.05, 0) is 41.3 Å². The molecule has 9 nitrogen and oxygen atoms in total. The van der Waals surface area contributed by atoms with Crippen LogP contribution < -0.4 is 15.0 Å². The van der Waals surface area contributed by atoms with Crippen molar-refractivity contribution >= 4 is 23.5 Å².